The van der Waals surface area contributed by atoms with Crippen molar-refractivity contribution >= 4 is 40.4 Å². The van der Waals surface area contributed by atoms with Crippen LogP contribution in [0.4, 0.5) is 0 Å². The molecule has 0 spiro atoms. The summed E-state index contributed by atoms with van der Waals surface area (Å²) >= 11 is 7.77. The first kappa shape index (κ1) is 22.7. The molecule has 1 unspecified atom stereocenters. The molecule has 3 heterocycles. The Hall–Kier alpha value is -3.03. The highest BCUT2D eigenvalue weighted by atomic mass is 35.5. The van der Waals surface area contributed by atoms with Crippen molar-refractivity contribution < 1.29 is 14.3 Å². The molecule has 0 aromatic heterocycles. The monoisotopic (exact) mass is 493 g/mol. The van der Waals surface area contributed by atoms with Crippen LogP contribution in [0.25, 0.3) is 0 Å². The molecule has 0 saturated heterocycles. The molecule has 174 valence electrons. The van der Waals surface area contributed by atoms with Gasteiger partial charge >= 0.3 is 5.97 Å². The summed E-state index contributed by atoms with van der Waals surface area (Å²) in [6.45, 7) is 3.12. The number of hydrogen-bond donors (Lipinski definition) is 0. The van der Waals surface area contributed by atoms with Crippen molar-refractivity contribution in [2.24, 2.45) is 4.99 Å². The second kappa shape index (κ2) is 9.31. The molecule has 1 amide bonds. The molecule has 0 aliphatic carbocycles. The Morgan fingerprint density at radius 2 is 1.97 bits per heavy atom. The summed E-state index contributed by atoms with van der Waals surface area (Å²) in [6, 6.07) is 15.2. The molecule has 0 radical (unpaired) electrons. The van der Waals surface area contributed by atoms with E-state index in [2.05, 4.69) is 17.1 Å². The summed E-state index contributed by atoms with van der Waals surface area (Å²) in [7, 11) is 1.37. The summed E-state index contributed by atoms with van der Waals surface area (Å²) in [4.78, 5) is 34.7. The first-order chi connectivity index (χ1) is 16.5. The maximum atomic E-state index is 13.4. The van der Waals surface area contributed by atoms with E-state index >= 15 is 0 Å². The Kier molecular flexibility index (Phi) is 6.23. The van der Waals surface area contributed by atoms with Gasteiger partial charge in [-0.2, -0.15) is 0 Å². The first-order valence-corrected chi connectivity index (χ1v) is 12.3. The van der Waals surface area contributed by atoms with Gasteiger partial charge in [0.25, 0.3) is 0 Å². The topological polar surface area (TPSA) is 62.2 Å². The Morgan fingerprint density at radius 1 is 1.18 bits per heavy atom. The van der Waals surface area contributed by atoms with Crippen molar-refractivity contribution in [3.05, 3.63) is 92.6 Å². The van der Waals surface area contributed by atoms with Gasteiger partial charge in [-0.05, 0) is 47.6 Å². The van der Waals surface area contributed by atoms with Gasteiger partial charge in [-0.25, -0.2) is 9.79 Å². The van der Waals surface area contributed by atoms with Crippen molar-refractivity contribution in [1.29, 1.82) is 0 Å². The number of nitrogens with zero attached hydrogens (tertiary/aromatic N) is 3. The highest BCUT2D eigenvalue weighted by Gasteiger charge is 2.41. The van der Waals surface area contributed by atoms with Crippen LogP contribution >= 0.6 is 23.4 Å². The van der Waals surface area contributed by atoms with Crippen LogP contribution in [0, 0.1) is 0 Å². The minimum atomic E-state index is -0.477. The fraction of sp³-hybridized carbons (Fsp3) is 0.269. The zero-order valence-electron chi connectivity index (χ0n) is 19.0. The van der Waals surface area contributed by atoms with Crippen molar-refractivity contribution in [2.45, 2.75) is 32.4 Å². The minimum absolute atomic E-state index is 0.0540. The number of carbonyl (C=O) groups is 2. The molecular weight excluding hydrogens is 470 g/mol. The van der Waals surface area contributed by atoms with E-state index in [1.807, 2.05) is 52.5 Å². The molecule has 0 saturated carbocycles. The van der Waals surface area contributed by atoms with Gasteiger partial charge in [-0.3, -0.25) is 4.79 Å². The van der Waals surface area contributed by atoms with Crippen LogP contribution in [0.15, 0.2) is 75.9 Å². The maximum Gasteiger partial charge on any atom is 0.338 e. The number of aliphatic imine (C=N–C) groups is 1. The number of esters is 1. The molecule has 0 fully saturated rings. The molecule has 0 N–H and O–H groups in total. The number of allylic oxidation sites excluding steroid dienone is 1. The Labute approximate surface area is 207 Å². The predicted octanol–water partition coefficient (Wildman–Crippen LogP) is 5.06. The fourth-order valence-corrected chi connectivity index (χ4v) is 5.87. The molecule has 3 aliphatic heterocycles. The number of fused-ring (bicyclic) bond motifs is 2. The van der Waals surface area contributed by atoms with Crippen molar-refractivity contribution in [3.63, 3.8) is 0 Å². The van der Waals surface area contributed by atoms with Gasteiger partial charge in [0.1, 0.15) is 0 Å². The van der Waals surface area contributed by atoms with Gasteiger partial charge in [-0.1, -0.05) is 59.8 Å². The van der Waals surface area contributed by atoms with E-state index in [1.165, 1.54) is 30.0 Å². The number of carbonyl (C=O) groups excluding carboxylic acids is 2. The minimum Gasteiger partial charge on any atom is -0.466 e. The van der Waals surface area contributed by atoms with Crippen molar-refractivity contribution in [2.75, 3.05) is 13.7 Å². The second-order valence-electron chi connectivity index (χ2n) is 8.45. The lowest BCUT2D eigenvalue weighted by molar-refractivity contribution is -0.136. The second-order valence-corrected chi connectivity index (χ2v) is 9.72. The van der Waals surface area contributed by atoms with E-state index in [0.29, 0.717) is 29.4 Å². The fourth-order valence-electron chi connectivity index (χ4n) is 4.71. The van der Waals surface area contributed by atoms with Crippen LogP contribution in [0.1, 0.15) is 36.1 Å². The van der Waals surface area contributed by atoms with Crippen LogP contribution < -0.4 is 0 Å². The molecule has 2 aromatic carbocycles. The number of ether oxygens (including phenoxy) is 1. The third kappa shape index (κ3) is 4.14. The number of halogens is 1. The van der Waals surface area contributed by atoms with Crippen molar-refractivity contribution in [1.82, 2.24) is 9.80 Å². The first-order valence-electron chi connectivity index (χ1n) is 11.1. The average Bonchev–Trinajstić information content (AvgIpc) is 3.24. The quantitative estimate of drug-likeness (QED) is 0.557. The van der Waals surface area contributed by atoms with E-state index in [0.717, 1.165) is 22.8 Å². The van der Waals surface area contributed by atoms with Gasteiger partial charge in [0.15, 0.2) is 5.17 Å². The number of hydrogen-bond acceptors (Lipinski definition) is 6. The molecule has 5 rings (SSSR count). The number of thioether (sulfide) groups is 1. The summed E-state index contributed by atoms with van der Waals surface area (Å²) < 4.78 is 5.11. The third-order valence-electron chi connectivity index (χ3n) is 6.39. The summed E-state index contributed by atoms with van der Waals surface area (Å²) in [6.07, 6.45) is 1.07. The smallest absolute Gasteiger partial charge is 0.338 e. The van der Waals surface area contributed by atoms with Gasteiger partial charge in [0.05, 0.1) is 30.8 Å². The molecule has 0 bridgehead atoms. The predicted molar refractivity (Wildman–Crippen MR) is 134 cm³/mol. The number of methoxy groups -OCH3 is 1. The molecule has 3 aliphatic rings. The van der Waals surface area contributed by atoms with E-state index in [9.17, 15) is 9.59 Å². The van der Waals surface area contributed by atoms with Gasteiger partial charge in [-0.15, -0.1) is 0 Å². The molecule has 1 atom stereocenters. The molecule has 6 nitrogen and oxygen atoms in total. The summed E-state index contributed by atoms with van der Waals surface area (Å²) in [5.74, 6) is -0.390. The molecule has 2 aromatic rings. The van der Waals surface area contributed by atoms with E-state index < -0.39 is 12.0 Å². The largest absolute Gasteiger partial charge is 0.466 e. The van der Waals surface area contributed by atoms with E-state index in [1.54, 1.807) is 6.07 Å². The Bertz CT molecular complexity index is 1270. The van der Waals surface area contributed by atoms with Gasteiger partial charge < -0.3 is 14.5 Å². The standard InChI is InChI=1S/C26H24ClN3O3S/c1-16-23(25(32)33-2)24(18-8-5-9-20(27)12-18)30-21(15-34-26(30)28-16)13-22(31)29-11-10-17-6-3-4-7-19(17)14-29/h3-9,12,15,24H,10-11,13-14H2,1-2H3. The molecule has 8 heteroatoms. The van der Waals surface area contributed by atoms with Crippen LogP contribution in [-0.2, 0) is 27.3 Å². The van der Waals surface area contributed by atoms with E-state index in [4.69, 9.17) is 16.3 Å². The Morgan fingerprint density at radius 3 is 2.74 bits per heavy atom. The lowest BCUT2D eigenvalue weighted by Crippen LogP contribution is -2.40. The summed E-state index contributed by atoms with van der Waals surface area (Å²) in [5, 5.41) is 3.27. The maximum absolute atomic E-state index is 13.4. The number of rotatable bonds is 4. The Balaban J connectivity index is 1.45. The van der Waals surface area contributed by atoms with Crippen LogP contribution in [0.5, 0.6) is 0 Å². The van der Waals surface area contributed by atoms with Gasteiger partial charge in [0, 0.05) is 23.8 Å². The lowest BCUT2D eigenvalue weighted by Gasteiger charge is -2.37. The van der Waals surface area contributed by atoms with Crippen LogP contribution in [-0.4, -0.2) is 40.5 Å². The number of benzene rings is 2. The average molecular weight is 494 g/mol. The lowest BCUT2D eigenvalue weighted by atomic mass is 9.93. The SMILES string of the molecule is COC(=O)C1=C(C)N=C2SC=C(CC(=O)N3CCc4ccccc4C3)N2C1c1cccc(Cl)c1. The molecular formula is C26H24ClN3O3S. The zero-order chi connectivity index (χ0) is 23.8. The van der Waals surface area contributed by atoms with Crippen LogP contribution in [0.3, 0.4) is 0 Å². The normalized spacial score (nSPS) is 19.3. The highest BCUT2D eigenvalue weighted by Crippen LogP contribution is 2.45. The number of amidine groups is 1. The highest BCUT2D eigenvalue weighted by molar-refractivity contribution is 8.16. The summed E-state index contributed by atoms with van der Waals surface area (Å²) in [5.41, 5.74) is 5.20. The molecule has 34 heavy (non-hydrogen) atoms. The third-order valence-corrected chi connectivity index (χ3v) is 7.51. The van der Waals surface area contributed by atoms with Crippen LogP contribution in [0.2, 0.25) is 5.02 Å². The zero-order valence-corrected chi connectivity index (χ0v) is 20.5. The van der Waals surface area contributed by atoms with Crippen molar-refractivity contribution in [3.8, 4) is 0 Å². The number of amides is 1. The van der Waals surface area contributed by atoms with E-state index in [-0.39, 0.29) is 12.3 Å². The van der Waals surface area contributed by atoms with Gasteiger partial charge in [0.2, 0.25) is 5.91 Å².